The van der Waals surface area contributed by atoms with Crippen LogP contribution in [0, 0.1) is 0 Å². The summed E-state index contributed by atoms with van der Waals surface area (Å²) in [5.41, 5.74) is 3.59. The van der Waals surface area contributed by atoms with E-state index in [1.807, 2.05) is 6.07 Å². The first-order valence-corrected chi connectivity index (χ1v) is 8.49. The molecule has 0 bridgehead atoms. The highest BCUT2D eigenvalue weighted by atomic mass is 32.1. The zero-order chi connectivity index (χ0) is 16.7. The highest BCUT2D eigenvalue weighted by Crippen LogP contribution is 2.13. The lowest BCUT2D eigenvalue weighted by Crippen LogP contribution is -3.06. The summed E-state index contributed by atoms with van der Waals surface area (Å²) in [6.45, 7) is 3.11. The second kappa shape index (κ2) is 8.65. The number of anilines is 1. The Balaban J connectivity index is 2.02. The van der Waals surface area contributed by atoms with Gasteiger partial charge in [0, 0.05) is 5.69 Å². The van der Waals surface area contributed by atoms with Crippen LogP contribution in [0.15, 0.2) is 54.6 Å². The molecule has 122 valence electrons. The minimum atomic E-state index is 0.191. The summed E-state index contributed by atoms with van der Waals surface area (Å²) in [6.07, 6.45) is 1.05. The van der Waals surface area contributed by atoms with E-state index in [1.54, 1.807) is 0 Å². The van der Waals surface area contributed by atoms with Gasteiger partial charge in [-0.1, -0.05) is 49.4 Å². The molecule has 0 aliphatic carbocycles. The van der Waals surface area contributed by atoms with Crippen molar-refractivity contribution in [2.45, 2.75) is 19.4 Å². The Kier molecular flexibility index (Phi) is 6.56. The molecule has 0 amide bonds. The third-order valence-electron chi connectivity index (χ3n) is 3.74. The third kappa shape index (κ3) is 5.66. The second-order valence-electron chi connectivity index (χ2n) is 6.02. The molecule has 0 saturated carbocycles. The van der Waals surface area contributed by atoms with E-state index in [0.717, 1.165) is 18.7 Å². The van der Waals surface area contributed by atoms with Crippen molar-refractivity contribution in [2.24, 2.45) is 0 Å². The van der Waals surface area contributed by atoms with Gasteiger partial charge in [0.05, 0.1) is 14.1 Å². The van der Waals surface area contributed by atoms with E-state index < -0.39 is 0 Å². The first-order chi connectivity index (χ1) is 11.1. The fourth-order valence-corrected chi connectivity index (χ4v) is 2.76. The zero-order valence-corrected chi connectivity index (χ0v) is 14.9. The minimum Gasteiger partial charge on any atom is -0.350 e. The van der Waals surface area contributed by atoms with E-state index in [4.69, 9.17) is 12.2 Å². The standard InChI is InChI=1S/C19H25N3S/c1-4-15-10-12-17(13-11-15)20-19(23)21-18(14-22(2)3)16-8-6-5-7-9-16/h5-13,18H,4,14H2,1-3H3,(H2,20,21,23)/p+1/t18-/m0/s1. The van der Waals surface area contributed by atoms with Gasteiger partial charge in [0.2, 0.25) is 0 Å². The normalized spacial score (nSPS) is 12.0. The summed E-state index contributed by atoms with van der Waals surface area (Å²) in [4.78, 5) is 1.38. The van der Waals surface area contributed by atoms with Crippen molar-refractivity contribution in [2.75, 3.05) is 26.0 Å². The van der Waals surface area contributed by atoms with Gasteiger partial charge in [-0.2, -0.15) is 0 Å². The molecule has 0 heterocycles. The summed E-state index contributed by atoms with van der Waals surface area (Å²) >= 11 is 5.49. The predicted octanol–water partition coefficient (Wildman–Crippen LogP) is 2.42. The highest BCUT2D eigenvalue weighted by molar-refractivity contribution is 7.80. The molecule has 0 aliphatic heterocycles. The molecule has 2 rings (SSSR count). The zero-order valence-electron chi connectivity index (χ0n) is 14.1. The molecule has 2 aromatic rings. The van der Waals surface area contributed by atoms with Crippen LogP contribution in [0.25, 0.3) is 0 Å². The SMILES string of the molecule is CCc1ccc(NC(=S)N[C@@H](C[NH+](C)C)c2ccccc2)cc1. The number of hydrogen-bond acceptors (Lipinski definition) is 1. The molecule has 0 saturated heterocycles. The molecule has 0 aliphatic rings. The summed E-state index contributed by atoms with van der Waals surface area (Å²) in [5.74, 6) is 0. The quantitative estimate of drug-likeness (QED) is 0.711. The molecule has 0 spiro atoms. The van der Waals surface area contributed by atoms with Gasteiger partial charge in [-0.05, 0) is 41.9 Å². The number of thiocarbonyl (C=S) groups is 1. The van der Waals surface area contributed by atoms with Crippen LogP contribution in [0.4, 0.5) is 5.69 Å². The van der Waals surface area contributed by atoms with Crippen molar-refractivity contribution in [3.8, 4) is 0 Å². The average Bonchev–Trinajstić information content (AvgIpc) is 2.55. The van der Waals surface area contributed by atoms with Crippen molar-refractivity contribution in [3.63, 3.8) is 0 Å². The van der Waals surface area contributed by atoms with Gasteiger partial charge < -0.3 is 15.5 Å². The maximum absolute atomic E-state index is 5.49. The Bertz CT molecular complexity index is 608. The van der Waals surface area contributed by atoms with Crippen molar-refractivity contribution < 1.29 is 4.90 Å². The number of benzene rings is 2. The first-order valence-electron chi connectivity index (χ1n) is 8.09. The molecule has 2 aromatic carbocycles. The minimum absolute atomic E-state index is 0.191. The molecule has 1 atom stereocenters. The summed E-state index contributed by atoms with van der Waals surface area (Å²) in [6, 6.07) is 19.0. The molecule has 3 nitrogen and oxygen atoms in total. The number of rotatable bonds is 6. The van der Waals surface area contributed by atoms with Crippen LogP contribution in [0.3, 0.4) is 0 Å². The lowest BCUT2D eigenvalue weighted by molar-refractivity contribution is -0.860. The third-order valence-corrected chi connectivity index (χ3v) is 3.96. The lowest BCUT2D eigenvalue weighted by Gasteiger charge is -2.22. The Morgan fingerprint density at radius 3 is 2.26 bits per heavy atom. The molecule has 0 radical (unpaired) electrons. The van der Waals surface area contributed by atoms with Gasteiger partial charge in [-0.25, -0.2) is 0 Å². The monoisotopic (exact) mass is 328 g/mol. The van der Waals surface area contributed by atoms with E-state index in [0.29, 0.717) is 5.11 Å². The maximum atomic E-state index is 5.49. The van der Waals surface area contributed by atoms with Crippen LogP contribution in [0.2, 0.25) is 0 Å². The fraction of sp³-hybridized carbons (Fsp3) is 0.316. The van der Waals surface area contributed by atoms with Crippen LogP contribution < -0.4 is 15.5 Å². The molecule has 23 heavy (non-hydrogen) atoms. The molecule has 0 aromatic heterocycles. The summed E-state index contributed by atoms with van der Waals surface area (Å²) in [5, 5.41) is 7.38. The topological polar surface area (TPSA) is 28.5 Å². The van der Waals surface area contributed by atoms with E-state index in [-0.39, 0.29) is 6.04 Å². The maximum Gasteiger partial charge on any atom is 0.171 e. The van der Waals surface area contributed by atoms with E-state index in [1.165, 1.54) is 16.0 Å². The molecular weight excluding hydrogens is 302 g/mol. The number of aryl methyl sites for hydroxylation is 1. The van der Waals surface area contributed by atoms with Gasteiger partial charge in [-0.15, -0.1) is 0 Å². The summed E-state index contributed by atoms with van der Waals surface area (Å²) < 4.78 is 0. The first kappa shape index (κ1) is 17.4. The highest BCUT2D eigenvalue weighted by Gasteiger charge is 2.15. The Morgan fingerprint density at radius 1 is 1.04 bits per heavy atom. The van der Waals surface area contributed by atoms with Crippen molar-refractivity contribution in [1.82, 2.24) is 5.32 Å². The Labute approximate surface area is 144 Å². The molecule has 3 N–H and O–H groups in total. The van der Waals surface area contributed by atoms with Gasteiger partial charge in [0.1, 0.15) is 12.6 Å². The van der Waals surface area contributed by atoms with Gasteiger partial charge in [-0.3, -0.25) is 0 Å². The van der Waals surface area contributed by atoms with E-state index in [2.05, 4.69) is 80.2 Å². The fourth-order valence-electron chi connectivity index (χ4n) is 2.50. The number of quaternary nitrogens is 1. The number of nitrogens with one attached hydrogen (secondary N) is 3. The Hall–Kier alpha value is -1.91. The van der Waals surface area contributed by atoms with Crippen molar-refractivity contribution >= 4 is 23.0 Å². The Morgan fingerprint density at radius 2 is 1.70 bits per heavy atom. The van der Waals surface area contributed by atoms with Crippen LogP contribution >= 0.6 is 12.2 Å². The van der Waals surface area contributed by atoms with Crippen LogP contribution in [-0.2, 0) is 6.42 Å². The smallest absolute Gasteiger partial charge is 0.171 e. The molecule has 0 fully saturated rings. The van der Waals surface area contributed by atoms with Gasteiger partial charge in [0.25, 0.3) is 0 Å². The largest absolute Gasteiger partial charge is 0.350 e. The molecule has 0 unspecified atom stereocenters. The van der Waals surface area contributed by atoms with Crippen LogP contribution in [0.5, 0.6) is 0 Å². The van der Waals surface area contributed by atoms with E-state index in [9.17, 15) is 0 Å². The van der Waals surface area contributed by atoms with Crippen molar-refractivity contribution in [3.05, 3.63) is 65.7 Å². The van der Waals surface area contributed by atoms with Crippen molar-refractivity contribution in [1.29, 1.82) is 0 Å². The van der Waals surface area contributed by atoms with Crippen LogP contribution in [-0.4, -0.2) is 25.8 Å². The van der Waals surface area contributed by atoms with Gasteiger partial charge in [0.15, 0.2) is 5.11 Å². The molecule has 4 heteroatoms. The van der Waals surface area contributed by atoms with Crippen LogP contribution in [0.1, 0.15) is 24.1 Å². The number of likely N-dealkylation sites (N-methyl/N-ethyl adjacent to an activating group) is 1. The number of hydrogen-bond donors (Lipinski definition) is 3. The van der Waals surface area contributed by atoms with Gasteiger partial charge >= 0.3 is 0 Å². The second-order valence-corrected chi connectivity index (χ2v) is 6.43. The average molecular weight is 329 g/mol. The molecular formula is C19H26N3S+. The lowest BCUT2D eigenvalue weighted by atomic mass is 10.1. The predicted molar refractivity (Wildman–Crippen MR) is 102 cm³/mol. The summed E-state index contributed by atoms with van der Waals surface area (Å²) in [7, 11) is 4.30. The van der Waals surface area contributed by atoms with E-state index >= 15 is 0 Å².